The van der Waals surface area contributed by atoms with E-state index in [9.17, 15) is 0 Å². The Morgan fingerprint density at radius 2 is 1.79 bits per heavy atom. The van der Waals surface area contributed by atoms with E-state index in [4.69, 9.17) is 14.2 Å². The Labute approximate surface area is 197 Å². The molecular formula is C30H34O3. The van der Waals surface area contributed by atoms with Crippen LogP contribution >= 0.6 is 0 Å². The number of hydrogen-bond acceptors (Lipinski definition) is 3. The van der Waals surface area contributed by atoms with Gasteiger partial charge in [-0.1, -0.05) is 49.4 Å². The zero-order chi connectivity index (χ0) is 22.3. The summed E-state index contributed by atoms with van der Waals surface area (Å²) < 4.78 is 18.8. The number of allylic oxidation sites excluding steroid dienone is 2. The molecule has 3 aliphatic carbocycles. The van der Waals surface area contributed by atoms with Crippen molar-refractivity contribution in [2.24, 2.45) is 5.41 Å². The molecule has 0 saturated carbocycles. The molecule has 0 aromatic heterocycles. The third-order valence-electron chi connectivity index (χ3n) is 8.27. The van der Waals surface area contributed by atoms with Gasteiger partial charge in [0.15, 0.2) is 5.79 Å². The number of hydrogen-bond donors (Lipinski definition) is 0. The van der Waals surface area contributed by atoms with Gasteiger partial charge in [-0.05, 0) is 90.5 Å². The van der Waals surface area contributed by atoms with Crippen molar-refractivity contribution in [1.29, 1.82) is 0 Å². The van der Waals surface area contributed by atoms with Gasteiger partial charge in [0.05, 0.1) is 25.2 Å². The molecule has 6 rings (SSSR count). The van der Waals surface area contributed by atoms with Gasteiger partial charge in [0, 0.05) is 6.42 Å². The first-order valence-corrected chi connectivity index (χ1v) is 12.8. The maximum Gasteiger partial charge on any atom is 0.181 e. The summed E-state index contributed by atoms with van der Waals surface area (Å²) >= 11 is 0. The molecule has 0 unspecified atom stereocenters. The van der Waals surface area contributed by atoms with Crippen LogP contribution in [0.25, 0.3) is 5.57 Å². The zero-order valence-electron chi connectivity index (χ0n) is 19.7. The number of fused-ring (bicyclic) bond motifs is 5. The van der Waals surface area contributed by atoms with Crippen LogP contribution in [-0.2, 0) is 22.3 Å². The fraction of sp³-hybridized carbons (Fsp3) is 0.467. The molecule has 1 heterocycles. The van der Waals surface area contributed by atoms with Crippen LogP contribution in [-0.4, -0.2) is 25.6 Å². The Morgan fingerprint density at radius 1 is 0.939 bits per heavy atom. The van der Waals surface area contributed by atoms with Crippen molar-refractivity contribution < 1.29 is 14.2 Å². The van der Waals surface area contributed by atoms with Crippen molar-refractivity contribution in [2.75, 3.05) is 19.8 Å². The fourth-order valence-electron chi connectivity index (χ4n) is 6.75. The topological polar surface area (TPSA) is 27.7 Å². The molecular weight excluding hydrogens is 408 g/mol. The maximum atomic E-state index is 6.45. The Balaban J connectivity index is 1.36. The lowest BCUT2D eigenvalue weighted by Gasteiger charge is -2.48. The third kappa shape index (κ3) is 3.40. The first-order valence-electron chi connectivity index (χ1n) is 12.8. The quantitative estimate of drug-likeness (QED) is 0.500. The summed E-state index contributed by atoms with van der Waals surface area (Å²) in [5.74, 6) is 0.549. The number of aryl methyl sites for hydroxylation is 2. The molecule has 0 bridgehead atoms. The van der Waals surface area contributed by atoms with Crippen LogP contribution in [0.4, 0.5) is 0 Å². The molecule has 1 aliphatic heterocycles. The third-order valence-corrected chi connectivity index (χ3v) is 8.27. The number of ether oxygens (including phenoxy) is 3. The van der Waals surface area contributed by atoms with E-state index >= 15 is 0 Å². The summed E-state index contributed by atoms with van der Waals surface area (Å²) in [7, 11) is 0. The molecule has 0 amide bonds. The second-order valence-electron chi connectivity index (χ2n) is 9.96. The molecule has 1 fully saturated rings. The predicted molar refractivity (Wildman–Crippen MR) is 131 cm³/mol. The molecule has 3 heteroatoms. The van der Waals surface area contributed by atoms with Crippen LogP contribution in [0, 0.1) is 5.41 Å². The average Bonchev–Trinajstić information content (AvgIpc) is 3.48. The van der Waals surface area contributed by atoms with Crippen molar-refractivity contribution in [3.8, 4) is 5.75 Å². The molecule has 2 aromatic rings. The van der Waals surface area contributed by atoms with E-state index in [1.54, 1.807) is 11.1 Å². The maximum absolute atomic E-state index is 6.45. The normalized spacial score (nSPS) is 24.9. The molecule has 0 N–H and O–H groups in total. The smallest absolute Gasteiger partial charge is 0.181 e. The van der Waals surface area contributed by atoms with E-state index in [1.807, 2.05) is 0 Å². The Bertz CT molecular complexity index is 1090. The van der Waals surface area contributed by atoms with Crippen LogP contribution in [0.15, 0.2) is 65.8 Å². The first kappa shape index (κ1) is 21.2. The van der Waals surface area contributed by atoms with Gasteiger partial charge >= 0.3 is 0 Å². The summed E-state index contributed by atoms with van der Waals surface area (Å²) in [6.07, 6.45) is 10.9. The minimum absolute atomic E-state index is 0.0418. The molecule has 1 saturated heterocycles. The molecule has 4 aliphatic rings. The summed E-state index contributed by atoms with van der Waals surface area (Å²) in [4.78, 5) is 0. The fourth-order valence-corrected chi connectivity index (χ4v) is 6.75. The minimum atomic E-state index is -0.465. The lowest BCUT2D eigenvalue weighted by Crippen LogP contribution is -2.49. The van der Waals surface area contributed by atoms with Gasteiger partial charge in [0.1, 0.15) is 5.75 Å². The van der Waals surface area contributed by atoms with E-state index in [0.717, 1.165) is 63.7 Å². The van der Waals surface area contributed by atoms with Gasteiger partial charge < -0.3 is 14.2 Å². The monoisotopic (exact) mass is 442 g/mol. The Hall–Kier alpha value is -2.36. The van der Waals surface area contributed by atoms with E-state index in [0.29, 0.717) is 13.2 Å². The molecule has 1 atom stereocenters. The van der Waals surface area contributed by atoms with Gasteiger partial charge in [-0.2, -0.15) is 0 Å². The zero-order valence-corrected chi connectivity index (χ0v) is 19.7. The van der Waals surface area contributed by atoms with Gasteiger partial charge in [0.25, 0.3) is 0 Å². The van der Waals surface area contributed by atoms with E-state index in [1.165, 1.54) is 22.3 Å². The van der Waals surface area contributed by atoms with Gasteiger partial charge in [-0.15, -0.1) is 0 Å². The van der Waals surface area contributed by atoms with E-state index < -0.39 is 5.79 Å². The molecule has 33 heavy (non-hydrogen) atoms. The SMILES string of the molecule is CCCOc1ccc2c(c1)CCC1=C2CC[C@@]2(CCc3ccccc3)C1=CCC21OCCO1. The van der Waals surface area contributed by atoms with E-state index in [-0.39, 0.29) is 5.41 Å². The van der Waals surface area contributed by atoms with E-state index in [2.05, 4.69) is 61.5 Å². The highest BCUT2D eigenvalue weighted by molar-refractivity contribution is 5.79. The number of benzene rings is 2. The molecule has 172 valence electrons. The Morgan fingerprint density at radius 3 is 2.61 bits per heavy atom. The van der Waals surface area contributed by atoms with Crippen molar-refractivity contribution in [1.82, 2.24) is 0 Å². The molecule has 3 nitrogen and oxygen atoms in total. The minimum Gasteiger partial charge on any atom is -0.494 e. The van der Waals surface area contributed by atoms with Crippen molar-refractivity contribution in [3.63, 3.8) is 0 Å². The molecule has 2 aromatic carbocycles. The highest BCUT2D eigenvalue weighted by Gasteiger charge is 2.61. The van der Waals surface area contributed by atoms with Crippen LogP contribution in [0.3, 0.4) is 0 Å². The summed E-state index contributed by atoms with van der Waals surface area (Å²) in [6.45, 7) is 4.36. The van der Waals surface area contributed by atoms with Crippen LogP contribution in [0.2, 0.25) is 0 Å². The Kier molecular flexibility index (Phi) is 5.43. The standard InChI is InChI=1S/C30H34O3/c1-2-18-31-24-9-11-25-23(21-24)8-10-27-26(25)13-16-29(15-12-22-6-4-3-5-7-22)28(27)14-17-30(29)32-19-20-33-30/h3-7,9,11,14,21H,2,8,10,12-13,15-20H2,1H3/t29-/m0/s1. The summed E-state index contributed by atoms with van der Waals surface area (Å²) in [5.41, 5.74) is 8.89. The van der Waals surface area contributed by atoms with Crippen LogP contribution in [0.1, 0.15) is 62.1 Å². The van der Waals surface area contributed by atoms with Crippen molar-refractivity contribution in [2.45, 2.75) is 64.1 Å². The lowest BCUT2D eigenvalue weighted by molar-refractivity contribution is -0.219. The van der Waals surface area contributed by atoms with Gasteiger partial charge in [-0.3, -0.25) is 0 Å². The lowest BCUT2D eigenvalue weighted by atomic mass is 9.61. The summed E-state index contributed by atoms with van der Waals surface area (Å²) in [6, 6.07) is 17.6. The highest BCUT2D eigenvalue weighted by Crippen LogP contribution is 2.63. The van der Waals surface area contributed by atoms with Gasteiger partial charge in [0.2, 0.25) is 0 Å². The second-order valence-corrected chi connectivity index (χ2v) is 9.96. The predicted octanol–water partition coefficient (Wildman–Crippen LogP) is 6.66. The summed E-state index contributed by atoms with van der Waals surface area (Å²) in [5, 5.41) is 0. The largest absolute Gasteiger partial charge is 0.494 e. The first-order chi connectivity index (χ1) is 16.2. The second kappa shape index (κ2) is 8.45. The van der Waals surface area contributed by atoms with Crippen LogP contribution < -0.4 is 4.74 Å². The van der Waals surface area contributed by atoms with Crippen molar-refractivity contribution in [3.05, 3.63) is 82.4 Å². The molecule has 0 radical (unpaired) electrons. The highest BCUT2D eigenvalue weighted by atomic mass is 16.7. The van der Waals surface area contributed by atoms with Gasteiger partial charge in [-0.25, -0.2) is 0 Å². The van der Waals surface area contributed by atoms with Crippen molar-refractivity contribution >= 4 is 5.57 Å². The average molecular weight is 443 g/mol. The number of rotatable bonds is 6. The molecule has 1 spiro atoms. The van der Waals surface area contributed by atoms with Crippen LogP contribution in [0.5, 0.6) is 5.75 Å².